The second-order valence-corrected chi connectivity index (χ2v) is 9.88. The molecule has 6 nitrogen and oxygen atoms in total. The molecule has 1 saturated carbocycles. The number of allylic oxidation sites excluding steroid dienone is 2. The van der Waals surface area contributed by atoms with Gasteiger partial charge in [-0.05, 0) is 58.4 Å². The van der Waals surface area contributed by atoms with Gasteiger partial charge >= 0.3 is 5.97 Å². The van der Waals surface area contributed by atoms with Crippen LogP contribution in [0.2, 0.25) is 0 Å². The zero-order valence-corrected chi connectivity index (χ0v) is 19.1. The number of anilines is 1. The lowest BCUT2D eigenvalue weighted by molar-refractivity contribution is -0.146. The van der Waals surface area contributed by atoms with Crippen LogP contribution in [0.5, 0.6) is 0 Å². The van der Waals surface area contributed by atoms with Crippen molar-refractivity contribution in [2.24, 2.45) is 11.8 Å². The summed E-state index contributed by atoms with van der Waals surface area (Å²) in [6.45, 7) is 7.85. The van der Waals surface area contributed by atoms with Crippen LogP contribution in [0.3, 0.4) is 0 Å². The smallest absolute Gasteiger partial charge is 0.307 e. The maximum absolute atomic E-state index is 13.1. The van der Waals surface area contributed by atoms with Gasteiger partial charge in [-0.1, -0.05) is 30.9 Å². The quantitative estimate of drug-likeness (QED) is 0.569. The third-order valence-corrected chi connectivity index (χ3v) is 7.70. The highest BCUT2D eigenvalue weighted by molar-refractivity contribution is 7.16. The fourth-order valence-electron chi connectivity index (χ4n) is 4.69. The minimum absolute atomic E-state index is 0.135. The lowest BCUT2D eigenvalue weighted by atomic mass is 9.76. The molecule has 2 amide bonds. The van der Waals surface area contributed by atoms with E-state index in [0.717, 1.165) is 47.3 Å². The number of carboxylic acids is 1. The van der Waals surface area contributed by atoms with E-state index in [1.165, 1.54) is 11.3 Å². The summed E-state index contributed by atoms with van der Waals surface area (Å²) in [6, 6.07) is 0.191. The van der Waals surface area contributed by atoms with Crippen molar-refractivity contribution in [1.82, 2.24) is 5.32 Å². The number of aliphatic carboxylic acids is 1. The first-order chi connectivity index (χ1) is 14.2. The molecule has 1 aromatic rings. The summed E-state index contributed by atoms with van der Waals surface area (Å²) in [6.07, 6.45) is 5.76. The number of rotatable bonds is 6. The van der Waals surface area contributed by atoms with Gasteiger partial charge in [0.15, 0.2) is 0 Å². The van der Waals surface area contributed by atoms with Gasteiger partial charge in [0.1, 0.15) is 5.00 Å². The van der Waals surface area contributed by atoms with Crippen molar-refractivity contribution in [2.75, 3.05) is 5.32 Å². The monoisotopic (exact) mass is 432 g/mol. The van der Waals surface area contributed by atoms with E-state index in [1.54, 1.807) is 0 Å². The number of hydrogen-bond donors (Lipinski definition) is 3. The fraction of sp³-hybridized carbons (Fsp3) is 0.609. The van der Waals surface area contributed by atoms with Crippen LogP contribution in [-0.4, -0.2) is 28.9 Å². The maximum Gasteiger partial charge on any atom is 0.307 e. The van der Waals surface area contributed by atoms with E-state index in [0.29, 0.717) is 29.8 Å². The van der Waals surface area contributed by atoms with E-state index in [9.17, 15) is 19.5 Å². The number of aryl methyl sites for hydroxylation is 1. The standard InChI is InChI=1S/C23H32N2O4S/c1-5-16-14(4)30-22(19(16)21(27)24-15-8-6-7-9-15)25-20(26)17-10-12(2)13(3)11-18(17)23(28)29/h15,17-18H,5-11H2,1-4H3,(H,24,27)(H,25,26)(H,28,29)/t17-,18-/m1/s1. The molecule has 0 unspecified atom stereocenters. The van der Waals surface area contributed by atoms with Crippen LogP contribution in [-0.2, 0) is 16.0 Å². The molecule has 2 aliphatic carbocycles. The zero-order valence-electron chi connectivity index (χ0n) is 18.3. The summed E-state index contributed by atoms with van der Waals surface area (Å²) < 4.78 is 0. The van der Waals surface area contributed by atoms with E-state index in [2.05, 4.69) is 10.6 Å². The predicted octanol–water partition coefficient (Wildman–Crippen LogP) is 4.68. The minimum Gasteiger partial charge on any atom is -0.481 e. The number of amides is 2. The molecule has 0 saturated heterocycles. The van der Waals surface area contributed by atoms with Crippen LogP contribution in [0, 0.1) is 18.8 Å². The molecule has 3 N–H and O–H groups in total. The molecule has 2 atom stereocenters. The molecule has 7 heteroatoms. The lowest BCUT2D eigenvalue weighted by Crippen LogP contribution is -2.37. The molecule has 0 aromatic carbocycles. The Kier molecular flexibility index (Phi) is 7.01. The maximum atomic E-state index is 13.1. The predicted molar refractivity (Wildman–Crippen MR) is 119 cm³/mol. The van der Waals surface area contributed by atoms with Gasteiger partial charge in [-0.2, -0.15) is 0 Å². The first-order valence-electron chi connectivity index (χ1n) is 10.8. The average molecular weight is 433 g/mol. The Bertz CT molecular complexity index is 880. The van der Waals surface area contributed by atoms with Crippen LogP contribution < -0.4 is 10.6 Å². The molecule has 164 valence electrons. The molecule has 0 spiro atoms. The molecule has 1 heterocycles. The second-order valence-electron chi connectivity index (χ2n) is 8.66. The first-order valence-corrected chi connectivity index (χ1v) is 11.7. The Morgan fingerprint density at radius 1 is 1.03 bits per heavy atom. The molecule has 1 aromatic heterocycles. The summed E-state index contributed by atoms with van der Waals surface area (Å²) in [5, 5.41) is 16.3. The van der Waals surface area contributed by atoms with Gasteiger partial charge in [-0.3, -0.25) is 14.4 Å². The van der Waals surface area contributed by atoms with Crippen molar-refractivity contribution < 1.29 is 19.5 Å². The molecule has 3 rings (SSSR count). The Morgan fingerprint density at radius 2 is 1.63 bits per heavy atom. The molecule has 1 fully saturated rings. The molecule has 2 aliphatic rings. The second kappa shape index (κ2) is 9.33. The van der Waals surface area contributed by atoms with E-state index in [1.807, 2.05) is 27.7 Å². The summed E-state index contributed by atoms with van der Waals surface area (Å²) in [5.41, 5.74) is 3.62. The van der Waals surface area contributed by atoms with Crippen molar-refractivity contribution in [3.05, 3.63) is 27.2 Å². The van der Waals surface area contributed by atoms with Gasteiger partial charge < -0.3 is 15.7 Å². The Labute approximate surface area is 182 Å². The van der Waals surface area contributed by atoms with Crippen LogP contribution in [0.1, 0.15) is 80.1 Å². The number of hydrogen-bond acceptors (Lipinski definition) is 4. The number of thiophene rings is 1. The highest BCUT2D eigenvalue weighted by Gasteiger charge is 2.38. The van der Waals surface area contributed by atoms with Crippen molar-refractivity contribution >= 4 is 34.1 Å². The van der Waals surface area contributed by atoms with Crippen molar-refractivity contribution in [3.63, 3.8) is 0 Å². The van der Waals surface area contributed by atoms with E-state index in [4.69, 9.17) is 0 Å². The van der Waals surface area contributed by atoms with Crippen LogP contribution in [0.4, 0.5) is 5.00 Å². The molecule has 0 radical (unpaired) electrons. The number of carbonyl (C=O) groups is 3. The van der Waals surface area contributed by atoms with Gasteiger partial charge in [0.05, 0.1) is 17.4 Å². The van der Waals surface area contributed by atoms with Crippen molar-refractivity contribution in [3.8, 4) is 0 Å². The molecular weight excluding hydrogens is 400 g/mol. The highest BCUT2D eigenvalue weighted by atomic mass is 32.1. The van der Waals surface area contributed by atoms with Crippen LogP contribution in [0.25, 0.3) is 0 Å². The Balaban J connectivity index is 1.85. The number of nitrogens with one attached hydrogen (secondary N) is 2. The van der Waals surface area contributed by atoms with E-state index >= 15 is 0 Å². The molecule has 0 aliphatic heterocycles. The van der Waals surface area contributed by atoms with Crippen LogP contribution >= 0.6 is 11.3 Å². The number of carbonyl (C=O) groups excluding carboxylic acids is 2. The highest BCUT2D eigenvalue weighted by Crippen LogP contribution is 2.38. The SMILES string of the molecule is CCc1c(C)sc(NC(=O)[C@@H]2CC(C)=C(C)C[C@H]2C(=O)O)c1C(=O)NC1CCCC1. The fourth-order valence-corrected chi connectivity index (χ4v) is 5.84. The zero-order chi connectivity index (χ0) is 22.0. The lowest BCUT2D eigenvalue weighted by Gasteiger charge is -2.29. The van der Waals surface area contributed by atoms with Gasteiger partial charge in [0.2, 0.25) is 5.91 Å². The number of carboxylic acid groups (broad SMARTS) is 1. The van der Waals surface area contributed by atoms with Gasteiger partial charge in [0, 0.05) is 10.9 Å². The van der Waals surface area contributed by atoms with Crippen molar-refractivity contribution in [2.45, 2.75) is 78.7 Å². The third kappa shape index (κ3) is 4.61. The first kappa shape index (κ1) is 22.5. The molecule has 0 bridgehead atoms. The normalized spacial score (nSPS) is 22.3. The van der Waals surface area contributed by atoms with Gasteiger partial charge in [0.25, 0.3) is 5.91 Å². The summed E-state index contributed by atoms with van der Waals surface area (Å²) >= 11 is 1.40. The summed E-state index contributed by atoms with van der Waals surface area (Å²) in [4.78, 5) is 39.0. The van der Waals surface area contributed by atoms with Gasteiger partial charge in [-0.25, -0.2) is 0 Å². The summed E-state index contributed by atoms with van der Waals surface area (Å²) in [7, 11) is 0. The molecule has 30 heavy (non-hydrogen) atoms. The molecular formula is C23H32N2O4S. The van der Waals surface area contributed by atoms with Crippen LogP contribution in [0.15, 0.2) is 11.1 Å². The third-order valence-electron chi connectivity index (χ3n) is 6.64. The van der Waals surface area contributed by atoms with E-state index < -0.39 is 17.8 Å². The van der Waals surface area contributed by atoms with E-state index in [-0.39, 0.29) is 17.9 Å². The van der Waals surface area contributed by atoms with Crippen molar-refractivity contribution in [1.29, 1.82) is 0 Å². The summed E-state index contributed by atoms with van der Waals surface area (Å²) in [5.74, 6) is -2.77. The average Bonchev–Trinajstić information content (AvgIpc) is 3.30. The largest absolute Gasteiger partial charge is 0.481 e. The topological polar surface area (TPSA) is 95.5 Å². The minimum atomic E-state index is -0.946. The Hall–Kier alpha value is -2.15. The Morgan fingerprint density at radius 3 is 2.20 bits per heavy atom. The van der Waals surface area contributed by atoms with Gasteiger partial charge in [-0.15, -0.1) is 11.3 Å².